The second-order valence-electron chi connectivity index (χ2n) is 1.89. The lowest BCUT2D eigenvalue weighted by Gasteiger charge is -2.23. The molecule has 3 heteroatoms. The SMILES string of the molecule is [NH]CN1CCOCC1. The van der Waals surface area contributed by atoms with Gasteiger partial charge in [-0.25, -0.2) is 5.73 Å². The van der Waals surface area contributed by atoms with Crippen molar-refractivity contribution in [3.05, 3.63) is 0 Å². The Kier molecular flexibility index (Phi) is 2.27. The third kappa shape index (κ3) is 1.43. The molecule has 1 rings (SSSR count). The molecule has 0 unspecified atom stereocenters. The number of hydrogen-bond donors (Lipinski definition) is 0. The molecule has 0 atom stereocenters. The van der Waals surface area contributed by atoms with Gasteiger partial charge in [-0.1, -0.05) is 0 Å². The van der Waals surface area contributed by atoms with Crippen LogP contribution in [0.2, 0.25) is 0 Å². The van der Waals surface area contributed by atoms with Crippen LogP contribution in [0.4, 0.5) is 0 Å². The highest BCUT2D eigenvalue weighted by atomic mass is 16.5. The summed E-state index contributed by atoms with van der Waals surface area (Å²) in [5.74, 6) is 0. The summed E-state index contributed by atoms with van der Waals surface area (Å²) in [6.45, 7) is 3.90. The maximum absolute atomic E-state index is 6.97. The summed E-state index contributed by atoms with van der Waals surface area (Å²) in [7, 11) is 0. The smallest absolute Gasteiger partial charge is 0.0616 e. The van der Waals surface area contributed by atoms with Crippen molar-refractivity contribution in [1.82, 2.24) is 10.6 Å². The summed E-state index contributed by atoms with van der Waals surface area (Å²) in [4.78, 5) is 2.06. The number of morpholine rings is 1. The average Bonchev–Trinajstić information content (AvgIpc) is 1.90. The molecule has 1 heterocycles. The lowest BCUT2D eigenvalue weighted by Crippen LogP contribution is -2.37. The van der Waals surface area contributed by atoms with Crippen LogP contribution in [0.25, 0.3) is 0 Å². The van der Waals surface area contributed by atoms with Gasteiger partial charge in [0.1, 0.15) is 0 Å². The lowest BCUT2D eigenvalue weighted by atomic mass is 10.5. The highest BCUT2D eigenvalue weighted by Gasteiger charge is 2.06. The molecule has 1 aliphatic heterocycles. The Hall–Kier alpha value is -0.120. The molecule has 1 aliphatic rings. The molecular formula is C5H11N2O. The quantitative estimate of drug-likeness (QED) is 0.464. The number of ether oxygens (including phenoxy) is 1. The van der Waals surface area contributed by atoms with Gasteiger partial charge in [0.2, 0.25) is 0 Å². The minimum Gasteiger partial charge on any atom is -0.379 e. The standard InChI is InChI=1S/C5H11N2O/c6-5-7-1-3-8-4-2-7/h6H,1-5H2. The van der Waals surface area contributed by atoms with Crippen molar-refractivity contribution in [3.63, 3.8) is 0 Å². The Bertz CT molecular complexity index is 61.4. The van der Waals surface area contributed by atoms with Gasteiger partial charge in [-0.3, -0.25) is 4.90 Å². The minimum atomic E-state index is 0.420. The van der Waals surface area contributed by atoms with E-state index < -0.39 is 0 Å². The van der Waals surface area contributed by atoms with E-state index in [1.807, 2.05) is 0 Å². The van der Waals surface area contributed by atoms with Gasteiger partial charge in [-0.05, 0) is 0 Å². The summed E-state index contributed by atoms with van der Waals surface area (Å²) < 4.78 is 5.08. The van der Waals surface area contributed by atoms with Crippen LogP contribution in [0.5, 0.6) is 0 Å². The van der Waals surface area contributed by atoms with Gasteiger partial charge >= 0.3 is 0 Å². The first-order chi connectivity index (χ1) is 3.93. The third-order valence-corrected chi connectivity index (χ3v) is 1.33. The van der Waals surface area contributed by atoms with E-state index in [4.69, 9.17) is 10.5 Å². The first-order valence-corrected chi connectivity index (χ1v) is 2.88. The van der Waals surface area contributed by atoms with E-state index in [9.17, 15) is 0 Å². The molecule has 47 valence electrons. The molecular weight excluding hydrogens is 104 g/mol. The van der Waals surface area contributed by atoms with Crippen LogP contribution in [-0.4, -0.2) is 37.9 Å². The van der Waals surface area contributed by atoms with E-state index in [1.54, 1.807) is 0 Å². The van der Waals surface area contributed by atoms with Gasteiger partial charge < -0.3 is 4.74 Å². The fraction of sp³-hybridized carbons (Fsp3) is 1.00. The Morgan fingerprint density at radius 1 is 1.38 bits per heavy atom. The Balaban J connectivity index is 2.13. The summed E-state index contributed by atoms with van der Waals surface area (Å²) in [5, 5.41) is 0. The molecule has 0 aromatic carbocycles. The van der Waals surface area contributed by atoms with Crippen LogP contribution < -0.4 is 5.73 Å². The first-order valence-electron chi connectivity index (χ1n) is 2.88. The molecule has 0 saturated carbocycles. The maximum Gasteiger partial charge on any atom is 0.0616 e. The molecule has 0 aromatic heterocycles. The monoisotopic (exact) mass is 115 g/mol. The van der Waals surface area contributed by atoms with Crippen LogP contribution in [0, 0.1) is 0 Å². The number of rotatable bonds is 1. The zero-order chi connectivity index (χ0) is 5.82. The highest BCUT2D eigenvalue weighted by Crippen LogP contribution is 1.92. The Labute approximate surface area is 49.4 Å². The van der Waals surface area contributed by atoms with Crippen molar-refractivity contribution in [1.29, 1.82) is 0 Å². The maximum atomic E-state index is 6.97. The second-order valence-corrected chi connectivity index (χ2v) is 1.89. The minimum absolute atomic E-state index is 0.420. The topological polar surface area (TPSA) is 36.3 Å². The van der Waals surface area contributed by atoms with Crippen molar-refractivity contribution in [3.8, 4) is 0 Å². The fourth-order valence-electron chi connectivity index (χ4n) is 0.759. The molecule has 1 radical (unpaired) electrons. The molecule has 0 aromatic rings. The van der Waals surface area contributed by atoms with Crippen LogP contribution in [-0.2, 0) is 4.74 Å². The van der Waals surface area contributed by atoms with Crippen LogP contribution >= 0.6 is 0 Å². The van der Waals surface area contributed by atoms with Crippen molar-refractivity contribution in [2.24, 2.45) is 0 Å². The average molecular weight is 115 g/mol. The van der Waals surface area contributed by atoms with E-state index in [2.05, 4.69) is 4.90 Å². The number of nitrogens with one attached hydrogen (secondary N) is 1. The van der Waals surface area contributed by atoms with Crippen molar-refractivity contribution in [2.45, 2.75) is 0 Å². The Morgan fingerprint density at radius 2 is 2.00 bits per heavy atom. The molecule has 1 N–H and O–H groups in total. The van der Waals surface area contributed by atoms with Crippen LogP contribution in [0.15, 0.2) is 0 Å². The van der Waals surface area contributed by atoms with E-state index >= 15 is 0 Å². The van der Waals surface area contributed by atoms with E-state index in [0.717, 1.165) is 26.3 Å². The molecule has 1 saturated heterocycles. The third-order valence-electron chi connectivity index (χ3n) is 1.33. The fourth-order valence-corrected chi connectivity index (χ4v) is 0.759. The normalized spacial score (nSPS) is 23.6. The first kappa shape index (κ1) is 6.01. The van der Waals surface area contributed by atoms with Gasteiger partial charge in [0.25, 0.3) is 0 Å². The molecule has 1 fully saturated rings. The summed E-state index contributed by atoms with van der Waals surface area (Å²) in [6.07, 6.45) is 0. The summed E-state index contributed by atoms with van der Waals surface area (Å²) in [5.41, 5.74) is 6.97. The van der Waals surface area contributed by atoms with Crippen LogP contribution in [0.1, 0.15) is 0 Å². The largest absolute Gasteiger partial charge is 0.379 e. The predicted octanol–water partition coefficient (Wildman–Crippen LogP) is -0.441. The zero-order valence-electron chi connectivity index (χ0n) is 4.89. The molecule has 0 bridgehead atoms. The van der Waals surface area contributed by atoms with Gasteiger partial charge in [0.15, 0.2) is 0 Å². The zero-order valence-corrected chi connectivity index (χ0v) is 4.89. The van der Waals surface area contributed by atoms with Crippen molar-refractivity contribution in [2.75, 3.05) is 33.0 Å². The van der Waals surface area contributed by atoms with Gasteiger partial charge in [0, 0.05) is 13.1 Å². The van der Waals surface area contributed by atoms with Crippen molar-refractivity contribution < 1.29 is 4.74 Å². The van der Waals surface area contributed by atoms with E-state index in [-0.39, 0.29) is 0 Å². The van der Waals surface area contributed by atoms with Gasteiger partial charge in [-0.2, -0.15) is 0 Å². The lowest BCUT2D eigenvalue weighted by molar-refractivity contribution is 0.0382. The number of nitrogens with zero attached hydrogens (tertiary/aromatic N) is 1. The molecule has 3 nitrogen and oxygen atoms in total. The van der Waals surface area contributed by atoms with Gasteiger partial charge in [-0.15, -0.1) is 0 Å². The highest BCUT2D eigenvalue weighted by molar-refractivity contribution is 4.57. The van der Waals surface area contributed by atoms with E-state index in [1.165, 1.54) is 0 Å². The molecule has 0 spiro atoms. The Morgan fingerprint density at radius 3 is 2.38 bits per heavy atom. The van der Waals surface area contributed by atoms with Crippen molar-refractivity contribution >= 4 is 0 Å². The van der Waals surface area contributed by atoms with E-state index in [0.29, 0.717) is 6.67 Å². The molecule has 0 aliphatic carbocycles. The van der Waals surface area contributed by atoms with Crippen LogP contribution in [0.3, 0.4) is 0 Å². The number of hydrogen-bond acceptors (Lipinski definition) is 2. The van der Waals surface area contributed by atoms with Gasteiger partial charge in [0.05, 0.1) is 19.9 Å². The molecule has 0 amide bonds. The second kappa shape index (κ2) is 3.02. The molecule has 8 heavy (non-hydrogen) atoms. The summed E-state index contributed by atoms with van der Waals surface area (Å²) >= 11 is 0. The summed E-state index contributed by atoms with van der Waals surface area (Å²) in [6, 6.07) is 0. The predicted molar refractivity (Wildman–Crippen MR) is 30.4 cm³/mol.